The van der Waals surface area contributed by atoms with Crippen LogP contribution in [0.5, 0.6) is 0 Å². The van der Waals surface area contributed by atoms with Crippen LogP contribution in [0.25, 0.3) is 0 Å². The largest absolute Gasteiger partial charge is 0.466 e. The highest BCUT2D eigenvalue weighted by atomic mass is 127. The van der Waals surface area contributed by atoms with E-state index in [1.165, 1.54) is 6.42 Å². The minimum Gasteiger partial charge on any atom is -0.466 e. The van der Waals surface area contributed by atoms with Crippen molar-refractivity contribution in [3.05, 3.63) is 0 Å². The number of nitrogens with one attached hydrogen (secondary N) is 1. The third kappa shape index (κ3) is 4.72. The number of guanidine groups is 1. The molecule has 2 aliphatic rings. The van der Waals surface area contributed by atoms with E-state index in [4.69, 9.17) is 4.74 Å². The smallest absolute Gasteiger partial charge is 0.309 e. The van der Waals surface area contributed by atoms with Gasteiger partial charge in [-0.15, -0.1) is 24.0 Å². The van der Waals surface area contributed by atoms with Crippen molar-refractivity contribution in [2.45, 2.75) is 46.1 Å². The van der Waals surface area contributed by atoms with Crippen LogP contribution < -0.4 is 5.32 Å². The molecule has 1 N–H and O–H groups in total. The Labute approximate surface area is 144 Å². The Morgan fingerprint density at radius 2 is 1.95 bits per heavy atom. The molecule has 5 nitrogen and oxygen atoms in total. The molecular weight excluding hydrogens is 381 g/mol. The molecule has 1 aliphatic carbocycles. The third-order valence-corrected chi connectivity index (χ3v) is 4.44. The second-order valence-electron chi connectivity index (χ2n) is 6.45. The maximum atomic E-state index is 11.7. The van der Waals surface area contributed by atoms with Crippen LogP contribution in [-0.2, 0) is 9.53 Å². The first-order chi connectivity index (χ1) is 9.47. The van der Waals surface area contributed by atoms with Crippen LogP contribution in [0.3, 0.4) is 0 Å². The molecule has 1 unspecified atom stereocenters. The molecule has 2 fully saturated rings. The zero-order valence-electron chi connectivity index (χ0n) is 13.5. The predicted molar refractivity (Wildman–Crippen MR) is 95.0 cm³/mol. The quantitative estimate of drug-likeness (QED) is 0.336. The van der Waals surface area contributed by atoms with Crippen molar-refractivity contribution in [2.24, 2.45) is 16.3 Å². The maximum absolute atomic E-state index is 11.7. The molecular formula is C15H28IN3O2. The van der Waals surface area contributed by atoms with E-state index >= 15 is 0 Å². The van der Waals surface area contributed by atoms with Gasteiger partial charge in [-0.3, -0.25) is 9.79 Å². The van der Waals surface area contributed by atoms with Gasteiger partial charge in [-0.2, -0.15) is 0 Å². The van der Waals surface area contributed by atoms with Gasteiger partial charge >= 0.3 is 5.97 Å². The Morgan fingerprint density at radius 1 is 1.38 bits per heavy atom. The summed E-state index contributed by atoms with van der Waals surface area (Å²) in [5, 5.41) is 3.53. The highest BCUT2D eigenvalue weighted by Gasteiger charge is 2.46. The van der Waals surface area contributed by atoms with E-state index in [0.29, 0.717) is 18.1 Å². The highest BCUT2D eigenvalue weighted by Crippen LogP contribution is 2.44. The minimum absolute atomic E-state index is 0. The number of likely N-dealkylation sites (tertiary alicyclic amines) is 1. The molecule has 0 amide bonds. The average molecular weight is 409 g/mol. The standard InChI is InChI=1S/C15H27N3O2.HI/c1-5-20-13(19)11-6-8-18(9-7-11)14(16-4)17-12-10-15(12,2)3;/h11-12H,5-10H2,1-4H3,(H,16,17);1H. The number of halogens is 1. The van der Waals surface area contributed by atoms with Crippen LogP contribution in [0.15, 0.2) is 4.99 Å². The summed E-state index contributed by atoms with van der Waals surface area (Å²) in [6.45, 7) is 8.61. The first-order valence-corrected chi connectivity index (χ1v) is 7.63. The fraction of sp³-hybridized carbons (Fsp3) is 0.867. The second-order valence-corrected chi connectivity index (χ2v) is 6.45. The number of hydrogen-bond donors (Lipinski definition) is 1. The first kappa shape index (κ1) is 18.5. The molecule has 1 aliphatic heterocycles. The van der Waals surface area contributed by atoms with E-state index in [-0.39, 0.29) is 35.9 Å². The van der Waals surface area contributed by atoms with Crippen LogP contribution in [0.1, 0.15) is 40.0 Å². The van der Waals surface area contributed by atoms with Gasteiger partial charge in [-0.25, -0.2) is 0 Å². The van der Waals surface area contributed by atoms with E-state index in [1.807, 2.05) is 14.0 Å². The molecule has 0 aromatic heterocycles. The summed E-state index contributed by atoms with van der Waals surface area (Å²) in [7, 11) is 1.83. The third-order valence-electron chi connectivity index (χ3n) is 4.44. The topological polar surface area (TPSA) is 53.9 Å². The van der Waals surface area contributed by atoms with Crippen molar-refractivity contribution >= 4 is 35.9 Å². The summed E-state index contributed by atoms with van der Waals surface area (Å²) in [5.74, 6) is 0.989. The molecule has 2 rings (SSSR count). The minimum atomic E-state index is -0.0431. The lowest BCUT2D eigenvalue weighted by molar-refractivity contribution is -0.149. The number of carbonyl (C=O) groups excluding carboxylic acids is 1. The monoisotopic (exact) mass is 409 g/mol. The van der Waals surface area contributed by atoms with Crippen molar-refractivity contribution < 1.29 is 9.53 Å². The number of ether oxygens (including phenoxy) is 1. The van der Waals surface area contributed by atoms with Crippen molar-refractivity contribution in [1.82, 2.24) is 10.2 Å². The molecule has 0 aromatic rings. The summed E-state index contributed by atoms with van der Waals surface area (Å²) >= 11 is 0. The molecule has 0 aromatic carbocycles. The zero-order valence-corrected chi connectivity index (χ0v) is 15.8. The fourth-order valence-electron chi connectivity index (χ4n) is 2.75. The van der Waals surface area contributed by atoms with Crippen molar-refractivity contribution in [3.63, 3.8) is 0 Å². The van der Waals surface area contributed by atoms with Gasteiger partial charge in [-0.05, 0) is 31.6 Å². The van der Waals surface area contributed by atoms with Crippen molar-refractivity contribution in [1.29, 1.82) is 0 Å². The summed E-state index contributed by atoms with van der Waals surface area (Å²) in [5.41, 5.74) is 0.388. The summed E-state index contributed by atoms with van der Waals surface area (Å²) in [6, 6.07) is 0.531. The Hall–Kier alpha value is -0.530. The molecule has 1 atom stereocenters. The van der Waals surface area contributed by atoms with Crippen LogP contribution in [0, 0.1) is 11.3 Å². The van der Waals surface area contributed by atoms with Gasteiger partial charge in [0.2, 0.25) is 0 Å². The number of aliphatic imine (C=N–C) groups is 1. The van der Waals surface area contributed by atoms with Gasteiger partial charge in [0.25, 0.3) is 0 Å². The molecule has 21 heavy (non-hydrogen) atoms. The molecule has 1 saturated carbocycles. The van der Waals surface area contributed by atoms with Crippen LogP contribution >= 0.6 is 24.0 Å². The van der Waals surface area contributed by atoms with Gasteiger partial charge in [0, 0.05) is 26.2 Å². The van der Waals surface area contributed by atoms with Gasteiger partial charge in [0.15, 0.2) is 5.96 Å². The lowest BCUT2D eigenvalue weighted by atomic mass is 9.97. The van der Waals surface area contributed by atoms with Gasteiger partial charge in [0.05, 0.1) is 12.5 Å². The Balaban J connectivity index is 0.00000220. The fourth-order valence-corrected chi connectivity index (χ4v) is 2.75. The Morgan fingerprint density at radius 3 is 2.38 bits per heavy atom. The van der Waals surface area contributed by atoms with E-state index in [1.54, 1.807) is 0 Å². The molecule has 6 heteroatoms. The number of nitrogens with zero attached hydrogens (tertiary/aromatic N) is 2. The molecule has 0 bridgehead atoms. The molecule has 1 saturated heterocycles. The first-order valence-electron chi connectivity index (χ1n) is 7.63. The number of piperidine rings is 1. The van der Waals surface area contributed by atoms with Crippen LogP contribution in [0.4, 0.5) is 0 Å². The van der Waals surface area contributed by atoms with Gasteiger partial charge < -0.3 is 15.0 Å². The van der Waals surface area contributed by atoms with E-state index in [0.717, 1.165) is 31.9 Å². The summed E-state index contributed by atoms with van der Waals surface area (Å²) < 4.78 is 5.10. The molecule has 0 radical (unpaired) electrons. The van der Waals surface area contributed by atoms with E-state index in [9.17, 15) is 4.79 Å². The van der Waals surface area contributed by atoms with Crippen molar-refractivity contribution in [2.75, 3.05) is 26.7 Å². The Bertz CT molecular complexity index is 390. The Kier molecular flexibility index (Phi) is 6.74. The average Bonchev–Trinajstić information content (AvgIpc) is 3.03. The molecule has 122 valence electrons. The van der Waals surface area contributed by atoms with Gasteiger partial charge in [0.1, 0.15) is 0 Å². The molecule has 1 heterocycles. The summed E-state index contributed by atoms with van der Waals surface area (Å²) in [6.07, 6.45) is 2.91. The van der Waals surface area contributed by atoms with E-state index in [2.05, 4.69) is 29.1 Å². The lowest BCUT2D eigenvalue weighted by Gasteiger charge is -2.33. The van der Waals surface area contributed by atoms with Crippen LogP contribution in [-0.4, -0.2) is 49.6 Å². The molecule has 0 spiro atoms. The normalized spacial score (nSPS) is 25.0. The van der Waals surface area contributed by atoms with Crippen molar-refractivity contribution in [3.8, 4) is 0 Å². The van der Waals surface area contributed by atoms with Crippen LogP contribution in [0.2, 0.25) is 0 Å². The van der Waals surface area contributed by atoms with E-state index < -0.39 is 0 Å². The predicted octanol–water partition coefficient (Wildman–Crippen LogP) is 2.25. The number of esters is 1. The number of rotatable bonds is 3. The number of hydrogen-bond acceptors (Lipinski definition) is 3. The zero-order chi connectivity index (χ0) is 14.8. The number of carbonyl (C=O) groups is 1. The second kappa shape index (κ2) is 7.65. The SMILES string of the molecule is CCOC(=O)C1CCN(C(=NC)NC2CC2(C)C)CC1.I. The maximum Gasteiger partial charge on any atom is 0.309 e. The summed E-state index contributed by atoms with van der Waals surface area (Å²) in [4.78, 5) is 18.4. The van der Waals surface area contributed by atoms with Gasteiger partial charge in [-0.1, -0.05) is 13.8 Å². The lowest BCUT2D eigenvalue weighted by Crippen LogP contribution is -2.47. The highest BCUT2D eigenvalue weighted by molar-refractivity contribution is 14.0.